The Bertz CT molecular complexity index is 720. The van der Waals surface area contributed by atoms with Gasteiger partial charge in [0.05, 0.1) is 10.0 Å². The van der Waals surface area contributed by atoms with Crippen molar-refractivity contribution in [1.82, 2.24) is 4.98 Å². The predicted octanol–water partition coefficient (Wildman–Crippen LogP) is 3.27. The molecule has 2 aromatic rings. The molecule has 92 valence electrons. The number of aromatic nitrogens is 1. The summed E-state index contributed by atoms with van der Waals surface area (Å²) in [7, 11) is 0. The van der Waals surface area contributed by atoms with E-state index < -0.39 is 0 Å². The molecule has 0 saturated heterocycles. The van der Waals surface area contributed by atoms with Crippen LogP contribution in [0.1, 0.15) is 26.4 Å². The molecule has 0 aliphatic heterocycles. The van der Waals surface area contributed by atoms with E-state index in [2.05, 4.69) is 20.9 Å². The second-order valence-corrected chi connectivity index (χ2v) is 4.91. The van der Waals surface area contributed by atoms with Gasteiger partial charge >= 0.3 is 0 Å². The molecule has 1 heterocycles. The summed E-state index contributed by atoms with van der Waals surface area (Å²) in [4.78, 5) is 28.7. The summed E-state index contributed by atoms with van der Waals surface area (Å²) >= 11 is 3.24. The molecule has 0 bridgehead atoms. The van der Waals surface area contributed by atoms with Crippen molar-refractivity contribution in [3.63, 3.8) is 0 Å². The fourth-order valence-electron chi connectivity index (χ4n) is 2.08. The molecule has 0 fully saturated rings. The SMILES string of the molecule is O=C1C(c2ccccc2)=C(Br)C(=O)c2ncccc21. The number of allylic oxidation sites excluding steroid dienone is 2. The number of hydrogen-bond donors (Lipinski definition) is 0. The summed E-state index contributed by atoms with van der Waals surface area (Å²) in [6.45, 7) is 0. The molecule has 0 spiro atoms. The Labute approximate surface area is 118 Å². The molecule has 1 aromatic heterocycles. The first kappa shape index (κ1) is 12.0. The van der Waals surface area contributed by atoms with Crippen LogP contribution >= 0.6 is 15.9 Å². The maximum atomic E-state index is 12.5. The van der Waals surface area contributed by atoms with Crippen LogP contribution in [0.2, 0.25) is 0 Å². The molecular formula is C15H8BrNO2. The van der Waals surface area contributed by atoms with Crippen molar-refractivity contribution in [2.24, 2.45) is 0 Å². The lowest BCUT2D eigenvalue weighted by Gasteiger charge is -2.17. The van der Waals surface area contributed by atoms with Gasteiger partial charge in [0.15, 0.2) is 5.78 Å². The number of nitrogens with zero attached hydrogens (tertiary/aromatic N) is 1. The highest BCUT2D eigenvalue weighted by molar-refractivity contribution is 9.12. The largest absolute Gasteiger partial charge is 0.288 e. The highest BCUT2D eigenvalue weighted by atomic mass is 79.9. The van der Waals surface area contributed by atoms with Crippen LogP contribution in [0.3, 0.4) is 0 Å². The van der Waals surface area contributed by atoms with Crippen molar-refractivity contribution in [3.8, 4) is 0 Å². The van der Waals surface area contributed by atoms with E-state index in [1.165, 1.54) is 6.20 Å². The van der Waals surface area contributed by atoms with E-state index >= 15 is 0 Å². The van der Waals surface area contributed by atoms with Gasteiger partial charge < -0.3 is 0 Å². The molecule has 0 amide bonds. The molecule has 1 aliphatic rings. The van der Waals surface area contributed by atoms with Crippen LogP contribution in [-0.2, 0) is 0 Å². The lowest BCUT2D eigenvalue weighted by molar-refractivity contribution is 0.0995. The molecule has 3 nitrogen and oxygen atoms in total. The lowest BCUT2D eigenvalue weighted by Crippen LogP contribution is -2.20. The maximum absolute atomic E-state index is 12.5. The van der Waals surface area contributed by atoms with E-state index in [4.69, 9.17) is 0 Å². The minimum Gasteiger partial charge on any atom is -0.288 e. The van der Waals surface area contributed by atoms with Crippen molar-refractivity contribution in [2.45, 2.75) is 0 Å². The van der Waals surface area contributed by atoms with Crippen molar-refractivity contribution in [2.75, 3.05) is 0 Å². The molecule has 0 unspecified atom stereocenters. The van der Waals surface area contributed by atoms with E-state index in [9.17, 15) is 9.59 Å². The summed E-state index contributed by atoms with van der Waals surface area (Å²) in [5.41, 5.74) is 1.68. The molecule has 4 heteroatoms. The molecule has 0 saturated carbocycles. The fraction of sp³-hybridized carbons (Fsp3) is 0. The third kappa shape index (κ3) is 1.85. The second-order valence-electron chi connectivity index (χ2n) is 4.11. The van der Waals surface area contributed by atoms with E-state index in [1.807, 2.05) is 30.3 Å². The summed E-state index contributed by atoms with van der Waals surface area (Å²) < 4.78 is 0.273. The van der Waals surface area contributed by atoms with Crippen LogP contribution in [0, 0.1) is 0 Å². The zero-order chi connectivity index (χ0) is 13.4. The number of rotatable bonds is 1. The number of benzene rings is 1. The number of fused-ring (bicyclic) bond motifs is 1. The third-order valence-corrected chi connectivity index (χ3v) is 3.73. The monoisotopic (exact) mass is 313 g/mol. The van der Waals surface area contributed by atoms with Gasteiger partial charge in [-0.3, -0.25) is 14.6 Å². The van der Waals surface area contributed by atoms with Gasteiger partial charge in [0.25, 0.3) is 0 Å². The van der Waals surface area contributed by atoms with Gasteiger partial charge in [-0.05, 0) is 33.6 Å². The number of ketones is 2. The van der Waals surface area contributed by atoms with Crippen LogP contribution < -0.4 is 0 Å². The molecule has 0 radical (unpaired) electrons. The van der Waals surface area contributed by atoms with E-state index in [0.29, 0.717) is 11.1 Å². The Hall–Kier alpha value is -2.07. The minimum atomic E-state index is -0.256. The first-order chi connectivity index (χ1) is 9.20. The number of hydrogen-bond acceptors (Lipinski definition) is 3. The quantitative estimate of drug-likeness (QED) is 0.811. The first-order valence-corrected chi connectivity index (χ1v) is 6.49. The fourth-order valence-corrected chi connectivity index (χ4v) is 2.68. The summed E-state index contributed by atoms with van der Waals surface area (Å²) in [5.74, 6) is -0.435. The average Bonchev–Trinajstić information content (AvgIpc) is 2.46. The number of Topliss-reactive ketones (excluding diaryl/α,β-unsaturated/α-hetero) is 2. The molecule has 3 rings (SSSR count). The van der Waals surface area contributed by atoms with Gasteiger partial charge in [-0.25, -0.2) is 0 Å². The van der Waals surface area contributed by atoms with Crippen LogP contribution in [0.15, 0.2) is 53.1 Å². The van der Waals surface area contributed by atoms with Crippen molar-refractivity contribution < 1.29 is 9.59 Å². The highest BCUT2D eigenvalue weighted by Gasteiger charge is 2.32. The van der Waals surface area contributed by atoms with Crippen LogP contribution in [0.5, 0.6) is 0 Å². The standard InChI is InChI=1S/C15H8BrNO2/c16-12-11(9-5-2-1-3-6-9)14(18)10-7-4-8-17-13(10)15(12)19/h1-8H. The third-order valence-electron chi connectivity index (χ3n) is 2.98. The van der Waals surface area contributed by atoms with Gasteiger partial charge in [0.2, 0.25) is 5.78 Å². The van der Waals surface area contributed by atoms with Crippen molar-refractivity contribution in [1.29, 1.82) is 0 Å². The molecule has 1 aromatic carbocycles. The number of carbonyl (C=O) groups excluding carboxylic acids is 2. The Kier molecular flexibility index (Phi) is 2.87. The molecule has 0 atom stereocenters. The normalized spacial score (nSPS) is 14.6. The summed E-state index contributed by atoms with van der Waals surface area (Å²) in [6, 6.07) is 12.4. The predicted molar refractivity (Wildman–Crippen MR) is 75.2 cm³/mol. The van der Waals surface area contributed by atoms with Crippen LogP contribution in [-0.4, -0.2) is 16.6 Å². The summed E-state index contributed by atoms with van der Waals surface area (Å²) in [6.07, 6.45) is 1.51. The van der Waals surface area contributed by atoms with E-state index in [-0.39, 0.29) is 21.7 Å². The van der Waals surface area contributed by atoms with Crippen molar-refractivity contribution in [3.05, 3.63) is 70.0 Å². The Morgan fingerprint density at radius 3 is 2.37 bits per heavy atom. The maximum Gasteiger partial charge on any atom is 0.219 e. The molecule has 1 aliphatic carbocycles. The lowest BCUT2D eigenvalue weighted by atomic mass is 9.89. The average molecular weight is 314 g/mol. The van der Waals surface area contributed by atoms with Gasteiger partial charge in [-0.1, -0.05) is 30.3 Å². The zero-order valence-electron chi connectivity index (χ0n) is 9.76. The van der Waals surface area contributed by atoms with Crippen LogP contribution in [0.25, 0.3) is 5.57 Å². The van der Waals surface area contributed by atoms with E-state index in [1.54, 1.807) is 12.1 Å². The van der Waals surface area contributed by atoms with Crippen molar-refractivity contribution >= 4 is 33.1 Å². The topological polar surface area (TPSA) is 47.0 Å². The Balaban J connectivity index is 2.25. The van der Waals surface area contributed by atoms with Gasteiger partial charge in [-0.2, -0.15) is 0 Å². The molecule has 0 N–H and O–H groups in total. The second kappa shape index (κ2) is 4.55. The zero-order valence-corrected chi connectivity index (χ0v) is 11.3. The van der Waals surface area contributed by atoms with Gasteiger partial charge in [0, 0.05) is 11.8 Å². The number of halogens is 1. The van der Waals surface area contributed by atoms with Gasteiger partial charge in [-0.15, -0.1) is 0 Å². The minimum absolute atomic E-state index is 0.180. The smallest absolute Gasteiger partial charge is 0.219 e. The van der Waals surface area contributed by atoms with E-state index in [0.717, 1.165) is 5.56 Å². The van der Waals surface area contributed by atoms with Crippen LogP contribution in [0.4, 0.5) is 0 Å². The Morgan fingerprint density at radius 1 is 0.895 bits per heavy atom. The van der Waals surface area contributed by atoms with Gasteiger partial charge in [0.1, 0.15) is 5.69 Å². The number of pyridine rings is 1. The highest BCUT2D eigenvalue weighted by Crippen LogP contribution is 2.34. The Morgan fingerprint density at radius 2 is 1.63 bits per heavy atom. The first-order valence-electron chi connectivity index (χ1n) is 5.70. The summed E-state index contributed by atoms with van der Waals surface area (Å²) in [5, 5.41) is 0. The number of carbonyl (C=O) groups is 2. The molecule has 19 heavy (non-hydrogen) atoms. The molecular weight excluding hydrogens is 306 g/mol.